The first kappa shape index (κ1) is 9.14. The van der Waals surface area contributed by atoms with Gasteiger partial charge in [-0.2, -0.15) is 0 Å². The predicted octanol–water partition coefficient (Wildman–Crippen LogP) is 3.21. The van der Waals surface area contributed by atoms with Gasteiger partial charge in [0.1, 0.15) is 12.4 Å². The molecule has 0 fully saturated rings. The second-order valence-electron chi connectivity index (χ2n) is 2.51. The summed E-state index contributed by atoms with van der Waals surface area (Å²) in [7, 11) is 0. The minimum absolute atomic E-state index is 0.530. The molecule has 1 aromatic carbocycles. The summed E-state index contributed by atoms with van der Waals surface area (Å²) in [4.78, 5) is 0. The van der Waals surface area contributed by atoms with Gasteiger partial charge in [-0.3, -0.25) is 0 Å². The number of halogens is 1. The zero-order valence-electron chi connectivity index (χ0n) is 7.01. The molecule has 0 aromatic heterocycles. The maximum atomic E-state index is 5.78. The Morgan fingerprint density at radius 2 is 2.33 bits per heavy atom. The highest BCUT2D eigenvalue weighted by molar-refractivity contribution is 6.30. The topological polar surface area (TPSA) is 9.23 Å². The normalized spacial score (nSPS) is 9.50. The molecule has 0 aliphatic carbocycles. The summed E-state index contributed by atoms with van der Waals surface area (Å²) in [5.41, 5.74) is 1.05. The van der Waals surface area contributed by atoms with Crippen molar-refractivity contribution in [3.8, 4) is 5.75 Å². The summed E-state index contributed by atoms with van der Waals surface area (Å²) in [6.45, 7) is 6.06. The van der Waals surface area contributed by atoms with Crippen molar-refractivity contribution < 1.29 is 4.74 Å². The monoisotopic (exact) mass is 182 g/mol. The lowest BCUT2D eigenvalue weighted by atomic mass is 10.2. The summed E-state index contributed by atoms with van der Waals surface area (Å²) in [6, 6.07) is 5.55. The summed E-state index contributed by atoms with van der Waals surface area (Å²) in [5.74, 6) is 0.860. The Morgan fingerprint density at radius 1 is 1.58 bits per heavy atom. The number of rotatable bonds is 3. The van der Waals surface area contributed by atoms with Crippen LogP contribution in [0.5, 0.6) is 5.75 Å². The molecular weight excluding hydrogens is 172 g/mol. The zero-order chi connectivity index (χ0) is 8.97. The fourth-order valence-electron chi connectivity index (χ4n) is 0.923. The fourth-order valence-corrected chi connectivity index (χ4v) is 1.15. The van der Waals surface area contributed by atoms with Crippen LogP contribution in [-0.2, 0) is 0 Å². The van der Waals surface area contributed by atoms with E-state index in [0.717, 1.165) is 16.3 Å². The maximum Gasteiger partial charge on any atom is 0.122 e. The van der Waals surface area contributed by atoms with Crippen LogP contribution in [0.2, 0.25) is 5.02 Å². The first-order chi connectivity index (χ1) is 5.74. The predicted molar refractivity (Wildman–Crippen MR) is 51.9 cm³/mol. The Balaban J connectivity index is 2.78. The second-order valence-corrected chi connectivity index (χ2v) is 2.95. The largest absolute Gasteiger partial charge is 0.489 e. The van der Waals surface area contributed by atoms with Gasteiger partial charge in [0.05, 0.1) is 0 Å². The quantitative estimate of drug-likeness (QED) is 0.653. The fraction of sp³-hybridized carbons (Fsp3) is 0.200. The molecule has 1 aromatic rings. The van der Waals surface area contributed by atoms with Crippen molar-refractivity contribution in [1.29, 1.82) is 0 Å². The van der Waals surface area contributed by atoms with E-state index < -0.39 is 0 Å². The molecule has 0 spiro atoms. The van der Waals surface area contributed by atoms with Gasteiger partial charge in [-0.25, -0.2) is 0 Å². The number of hydrogen-bond donors (Lipinski definition) is 0. The average molecular weight is 183 g/mol. The molecule has 0 saturated heterocycles. The van der Waals surface area contributed by atoms with Crippen molar-refractivity contribution in [1.82, 2.24) is 0 Å². The lowest BCUT2D eigenvalue weighted by Crippen LogP contribution is -1.94. The molecule has 12 heavy (non-hydrogen) atoms. The molecule has 1 nitrogen and oxygen atoms in total. The van der Waals surface area contributed by atoms with E-state index in [2.05, 4.69) is 6.58 Å². The highest BCUT2D eigenvalue weighted by Crippen LogP contribution is 2.21. The van der Waals surface area contributed by atoms with Crippen molar-refractivity contribution in [2.24, 2.45) is 0 Å². The minimum Gasteiger partial charge on any atom is -0.489 e. The molecule has 0 N–H and O–H groups in total. The van der Waals surface area contributed by atoms with E-state index in [9.17, 15) is 0 Å². The third-order valence-corrected chi connectivity index (χ3v) is 1.73. The van der Waals surface area contributed by atoms with Crippen molar-refractivity contribution in [2.45, 2.75) is 6.92 Å². The molecule has 0 unspecified atom stereocenters. The lowest BCUT2D eigenvalue weighted by molar-refractivity contribution is 0.360. The van der Waals surface area contributed by atoms with E-state index in [1.165, 1.54) is 0 Å². The molecule has 1 rings (SSSR count). The van der Waals surface area contributed by atoms with E-state index in [1.807, 2.05) is 25.1 Å². The average Bonchev–Trinajstić information content (AvgIpc) is 2.03. The van der Waals surface area contributed by atoms with Gasteiger partial charge >= 0.3 is 0 Å². The third kappa shape index (κ3) is 2.28. The second kappa shape index (κ2) is 4.17. The van der Waals surface area contributed by atoms with E-state index in [4.69, 9.17) is 16.3 Å². The van der Waals surface area contributed by atoms with Crippen LogP contribution in [0.25, 0.3) is 0 Å². The molecule has 0 atom stereocenters. The van der Waals surface area contributed by atoms with Crippen LogP contribution in [0.3, 0.4) is 0 Å². The van der Waals surface area contributed by atoms with E-state index in [0.29, 0.717) is 6.61 Å². The number of hydrogen-bond acceptors (Lipinski definition) is 1. The Morgan fingerprint density at radius 3 is 2.92 bits per heavy atom. The molecule has 0 saturated carbocycles. The SMILES string of the molecule is C=CCOc1ccc(Cl)cc1C. The van der Waals surface area contributed by atoms with Gasteiger partial charge in [0.25, 0.3) is 0 Å². The molecule has 64 valence electrons. The van der Waals surface area contributed by atoms with Crippen LogP contribution in [0, 0.1) is 6.92 Å². The van der Waals surface area contributed by atoms with Crippen molar-refractivity contribution in [2.75, 3.05) is 6.61 Å². The molecule has 0 aliphatic heterocycles. The van der Waals surface area contributed by atoms with Crippen LogP contribution >= 0.6 is 11.6 Å². The Labute approximate surface area is 77.6 Å². The highest BCUT2D eigenvalue weighted by atomic mass is 35.5. The summed E-state index contributed by atoms with van der Waals surface area (Å²) in [6.07, 6.45) is 1.72. The maximum absolute atomic E-state index is 5.78. The van der Waals surface area contributed by atoms with E-state index in [-0.39, 0.29) is 0 Å². The molecular formula is C10H11ClO. The Hall–Kier alpha value is -0.950. The molecule has 0 heterocycles. The van der Waals surface area contributed by atoms with E-state index in [1.54, 1.807) is 6.08 Å². The van der Waals surface area contributed by atoms with Crippen molar-refractivity contribution in [3.05, 3.63) is 41.4 Å². The van der Waals surface area contributed by atoms with Gasteiger partial charge < -0.3 is 4.74 Å². The van der Waals surface area contributed by atoms with Gasteiger partial charge in [-0.15, -0.1) is 0 Å². The first-order valence-corrected chi connectivity index (χ1v) is 4.11. The Kier molecular flexibility index (Phi) is 3.18. The smallest absolute Gasteiger partial charge is 0.122 e. The zero-order valence-corrected chi connectivity index (χ0v) is 7.77. The van der Waals surface area contributed by atoms with Crippen molar-refractivity contribution in [3.63, 3.8) is 0 Å². The van der Waals surface area contributed by atoms with Crippen LogP contribution in [0.15, 0.2) is 30.9 Å². The van der Waals surface area contributed by atoms with E-state index >= 15 is 0 Å². The lowest BCUT2D eigenvalue weighted by Gasteiger charge is -2.06. The van der Waals surface area contributed by atoms with Gasteiger partial charge in [-0.05, 0) is 30.7 Å². The van der Waals surface area contributed by atoms with Crippen LogP contribution in [-0.4, -0.2) is 6.61 Å². The standard InChI is InChI=1S/C10H11ClO/c1-3-6-12-10-5-4-9(11)7-8(10)2/h3-5,7H,1,6H2,2H3. The van der Waals surface area contributed by atoms with Gasteiger partial charge in [-0.1, -0.05) is 24.3 Å². The molecule has 0 aliphatic rings. The molecule has 0 bridgehead atoms. The van der Waals surface area contributed by atoms with Crippen LogP contribution < -0.4 is 4.74 Å². The van der Waals surface area contributed by atoms with Crippen LogP contribution in [0.4, 0.5) is 0 Å². The molecule has 0 amide bonds. The van der Waals surface area contributed by atoms with Gasteiger partial charge in [0.15, 0.2) is 0 Å². The Bertz CT molecular complexity index is 281. The summed E-state index contributed by atoms with van der Waals surface area (Å²) in [5, 5.41) is 0.735. The third-order valence-electron chi connectivity index (χ3n) is 1.49. The van der Waals surface area contributed by atoms with Crippen LogP contribution in [0.1, 0.15) is 5.56 Å². The molecule has 2 heteroatoms. The first-order valence-electron chi connectivity index (χ1n) is 3.74. The number of aryl methyl sites for hydroxylation is 1. The summed E-state index contributed by atoms with van der Waals surface area (Å²) < 4.78 is 5.36. The summed E-state index contributed by atoms with van der Waals surface area (Å²) >= 11 is 5.78. The van der Waals surface area contributed by atoms with Gasteiger partial charge in [0, 0.05) is 5.02 Å². The number of benzene rings is 1. The van der Waals surface area contributed by atoms with Gasteiger partial charge in [0.2, 0.25) is 0 Å². The van der Waals surface area contributed by atoms with Crippen molar-refractivity contribution >= 4 is 11.6 Å². The number of ether oxygens (including phenoxy) is 1. The highest BCUT2D eigenvalue weighted by Gasteiger charge is 1.97. The molecule has 0 radical (unpaired) electrons. The minimum atomic E-state index is 0.530.